The lowest BCUT2D eigenvalue weighted by molar-refractivity contribution is 0.245. The molecule has 0 N–H and O–H groups in total. The molecule has 0 amide bonds. The maximum atomic E-state index is 6.55. The summed E-state index contributed by atoms with van der Waals surface area (Å²) in [5.74, 6) is 1.93. The third-order valence-corrected chi connectivity index (χ3v) is 7.28. The zero-order chi connectivity index (χ0) is 25.4. The van der Waals surface area contributed by atoms with E-state index in [-0.39, 0.29) is 5.41 Å². The first-order valence-corrected chi connectivity index (χ1v) is 12.9. The zero-order valence-corrected chi connectivity index (χ0v) is 22.6. The summed E-state index contributed by atoms with van der Waals surface area (Å²) < 4.78 is 7.51. The normalized spacial score (nSPS) is 15.0. The van der Waals surface area contributed by atoms with Gasteiger partial charge >= 0.3 is 0 Å². The molecule has 36 heavy (non-hydrogen) atoms. The van der Waals surface area contributed by atoms with Gasteiger partial charge in [0.05, 0.1) is 19.0 Å². The number of methoxy groups -OCH3 is 1. The molecule has 2 aromatic heterocycles. The van der Waals surface area contributed by atoms with Gasteiger partial charge in [0, 0.05) is 70.9 Å². The molecule has 1 aliphatic heterocycles. The van der Waals surface area contributed by atoms with Gasteiger partial charge in [-0.25, -0.2) is 4.98 Å². The Morgan fingerprint density at radius 2 is 1.69 bits per heavy atom. The van der Waals surface area contributed by atoms with Gasteiger partial charge in [0.25, 0.3) is 0 Å². The third-order valence-electron chi connectivity index (χ3n) is 6.72. The largest absolute Gasteiger partial charge is 0.496 e. The number of aromatic nitrogens is 3. The predicted molar refractivity (Wildman–Crippen MR) is 148 cm³/mol. The summed E-state index contributed by atoms with van der Waals surface area (Å²) in [6.07, 6.45) is 1.88. The van der Waals surface area contributed by atoms with E-state index in [1.807, 2.05) is 53.2 Å². The van der Waals surface area contributed by atoms with Crippen LogP contribution in [-0.4, -0.2) is 52.8 Å². The summed E-state index contributed by atoms with van der Waals surface area (Å²) in [5.41, 5.74) is 4.75. The molecule has 0 saturated carbocycles. The maximum absolute atomic E-state index is 6.55. The molecular formula is C28H31Cl2N5O. The molecule has 0 bridgehead atoms. The molecule has 1 aliphatic rings. The Balaban J connectivity index is 1.45. The molecule has 4 aromatic rings. The number of hydrogen-bond donors (Lipinski definition) is 0. The number of ether oxygens (including phenoxy) is 1. The highest BCUT2D eigenvalue weighted by atomic mass is 35.5. The second-order valence-electron chi connectivity index (χ2n) is 10.2. The minimum absolute atomic E-state index is 0.108. The fourth-order valence-corrected chi connectivity index (χ4v) is 5.11. The van der Waals surface area contributed by atoms with Crippen molar-refractivity contribution >= 4 is 34.7 Å². The summed E-state index contributed by atoms with van der Waals surface area (Å²) in [6, 6.07) is 15.8. The van der Waals surface area contributed by atoms with E-state index in [9.17, 15) is 0 Å². The van der Waals surface area contributed by atoms with Crippen molar-refractivity contribution in [3.63, 3.8) is 0 Å². The van der Waals surface area contributed by atoms with Crippen molar-refractivity contribution in [1.29, 1.82) is 0 Å². The van der Waals surface area contributed by atoms with Crippen LogP contribution in [-0.2, 0) is 12.0 Å². The smallest absolute Gasteiger partial charge is 0.165 e. The minimum Gasteiger partial charge on any atom is -0.496 e. The van der Waals surface area contributed by atoms with Crippen LogP contribution in [0.15, 0.2) is 54.7 Å². The van der Waals surface area contributed by atoms with Crippen molar-refractivity contribution < 1.29 is 4.74 Å². The lowest BCUT2D eigenvalue weighted by Gasteiger charge is -2.36. The van der Waals surface area contributed by atoms with E-state index in [1.54, 1.807) is 7.11 Å². The first kappa shape index (κ1) is 24.9. The summed E-state index contributed by atoms with van der Waals surface area (Å²) >= 11 is 12.8. The highest BCUT2D eigenvalue weighted by Crippen LogP contribution is 2.34. The van der Waals surface area contributed by atoms with Gasteiger partial charge in [-0.2, -0.15) is 9.61 Å². The summed E-state index contributed by atoms with van der Waals surface area (Å²) in [7, 11) is 1.70. The second-order valence-corrected chi connectivity index (χ2v) is 11.1. The standard InChI is InChI=1S/C28H31Cl2N5O/c1-28(2,3)25-16-26(35-27(32-25)22(17-31-35)21-7-5-6-8-23(21)30)34-13-11-33(12-14-34)18-19-15-20(29)9-10-24(19)36-4/h5-10,15-17H,11-14,18H2,1-4H3. The molecule has 0 spiro atoms. The number of halogens is 2. The molecular weight excluding hydrogens is 493 g/mol. The van der Waals surface area contributed by atoms with Crippen LogP contribution in [0.1, 0.15) is 32.0 Å². The predicted octanol–water partition coefficient (Wildman–Crippen LogP) is 6.33. The van der Waals surface area contributed by atoms with Gasteiger partial charge in [0.2, 0.25) is 0 Å². The number of hydrogen-bond acceptors (Lipinski definition) is 5. The lowest BCUT2D eigenvalue weighted by Crippen LogP contribution is -2.46. The molecule has 188 valence electrons. The molecule has 5 rings (SSSR count). The quantitative estimate of drug-likeness (QED) is 0.305. The van der Waals surface area contributed by atoms with E-state index in [0.29, 0.717) is 5.02 Å². The maximum Gasteiger partial charge on any atom is 0.165 e. The average Bonchev–Trinajstić information content (AvgIpc) is 3.28. The Bertz CT molecular complexity index is 1390. The molecule has 0 aliphatic carbocycles. The van der Waals surface area contributed by atoms with E-state index in [1.165, 1.54) is 0 Å². The number of fused-ring (bicyclic) bond motifs is 1. The molecule has 2 aromatic carbocycles. The summed E-state index contributed by atoms with van der Waals surface area (Å²) in [5, 5.41) is 6.19. The van der Waals surface area contributed by atoms with Crippen LogP contribution >= 0.6 is 23.2 Å². The number of rotatable bonds is 5. The molecule has 8 heteroatoms. The van der Waals surface area contributed by atoms with Gasteiger partial charge in [-0.05, 0) is 24.3 Å². The van der Waals surface area contributed by atoms with E-state index in [0.717, 1.165) is 77.3 Å². The van der Waals surface area contributed by atoms with E-state index in [2.05, 4.69) is 36.6 Å². The SMILES string of the molecule is COc1ccc(Cl)cc1CN1CCN(c2cc(C(C)(C)C)nc3c(-c4ccccc4Cl)cnn23)CC1. The number of nitrogens with zero attached hydrogens (tertiary/aromatic N) is 5. The van der Waals surface area contributed by atoms with Crippen LogP contribution < -0.4 is 9.64 Å². The van der Waals surface area contributed by atoms with E-state index in [4.69, 9.17) is 38.0 Å². The Kier molecular flexibility index (Phi) is 6.86. The van der Waals surface area contributed by atoms with E-state index < -0.39 is 0 Å². The van der Waals surface area contributed by atoms with Crippen LogP contribution in [0.5, 0.6) is 5.75 Å². The molecule has 1 fully saturated rings. The minimum atomic E-state index is -0.108. The lowest BCUT2D eigenvalue weighted by atomic mass is 9.91. The van der Waals surface area contributed by atoms with Crippen molar-refractivity contribution in [3.05, 3.63) is 76.0 Å². The Morgan fingerprint density at radius 1 is 0.944 bits per heavy atom. The van der Waals surface area contributed by atoms with Gasteiger partial charge in [-0.3, -0.25) is 4.90 Å². The van der Waals surface area contributed by atoms with Crippen LogP contribution in [0.25, 0.3) is 16.8 Å². The fourth-order valence-electron chi connectivity index (χ4n) is 4.67. The van der Waals surface area contributed by atoms with Gasteiger partial charge in [0.1, 0.15) is 11.6 Å². The number of anilines is 1. The fraction of sp³-hybridized carbons (Fsp3) is 0.357. The Hall–Kier alpha value is -2.80. The van der Waals surface area contributed by atoms with Crippen LogP contribution in [0, 0.1) is 0 Å². The highest BCUT2D eigenvalue weighted by molar-refractivity contribution is 6.33. The van der Waals surface area contributed by atoms with Crippen molar-refractivity contribution in [2.45, 2.75) is 32.7 Å². The van der Waals surface area contributed by atoms with Crippen LogP contribution in [0.2, 0.25) is 10.0 Å². The first-order valence-electron chi connectivity index (χ1n) is 12.2. The topological polar surface area (TPSA) is 45.9 Å². The van der Waals surface area contributed by atoms with Crippen LogP contribution in [0.3, 0.4) is 0 Å². The second kappa shape index (κ2) is 9.92. The third kappa shape index (κ3) is 4.90. The Morgan fingerprint density at radius 3 is 2.39 bits per heavy atom. The first-order chi connectivity index (χ1) is 17.2. The van der Waals surface area contributed by atoms with Gasteiger partial charge < -0.3 is 9.64 Å². The molecule has 6 nitrogen and oxygen atoms in total. The van der Waals surface area contributed by atoms with E-state index >= 15 is 0 Å². The van der Waals surface area contributed by atoms with Crippen molar-refractivity contribution in [2.24, 2.45) is 0 Å². The molecule has 0 atom stereocenters. The van der Waals surface area contributed by atoms with Crippen LogP contribution in [0.4, 0.5) is 5.82 Å². The van der Waals surface area contributed by atoms with Crippen molar-refractivity contribution in [2.75, 3.05) is 38.2 Å². The Labute approximate surface area is 222 Å². The molecule has 3 heterocycles. The number of piperazine rings is 1. The van der Waals surface area contributed by atoms with Crippen molar-refractivity contribution in [3.8, 4) is 16.9 Å². The summed E-state index contributed by atoms with van der Waals surface area (Å²) in [4.78, 5) is 9.89. The highest BCUT2D eigenvalue weighted by Gasteiger charge is 2.26. The number of benzene rings is 2. The summed E-state index contributed by atoms with van der Waals surface area (Å²) in [6.45, 7) is 11.0. The van der Waals surface area contributed by atoms with Gasteiger partial charge in [-0.15, -0.1) is 0 Å². The monoisotopic (exact) mass is 523 g/mol. The average molecular weight is 524 g/mol. The van der Waals surface area contributed by atoms with Gasteiger partial charge in [-0.1, -0.05) is 62.2 Å². The molecule has 0 unspecified atom stereocenters. The molecule has 1 saturated heterocycles. The van der Waals surface area contributed by atoms with Gasteiger partial charge in [0.15, 0.2) is 5.65 Å². The van der Waals surface area contributed by atoms with Crippen molar-refractivity contribution in [1.82, 2.24) is 19.5 Å². The molecule has 0 radical (unpaired) electrons. The zero-order valence-electron chi connectivity index (χ0n) is 21.1.